The normalized spacial score (nSPS) is 34.5. The van der Waals surface area contributed by atoms with Gasteiger partial charge in [0.05, 0.1) is 6.61 Å². The Labute approximate surface area is 103 Å². The van der Waals surface area contributed by atoms with Crippen LogP contribution in [0.15, 0.2) is 0 Å². The first-order valence-corrected chi connectivity index (χ1v) is 6.56. The van der Waals surface area contributed by atoms with E-state index in [9.17, 15) is 4.79 Å². The third kappa shape index (κ3) is 3.19. The first-order chi connectivity index (χ1) is 7.98. The van der Waals surface area contributed by atoms with E-state index >= 15 is 0 Å². The number of rotatable bonds is 2. The van der Waals surface area contributed by atoms with Gasteiger partial charge in [-0.15, -0.1) is 0 Å². The van der Waals surface area contributed by atoms with Gasteiger partial charge in [-0.1, -0.05) is 20.3 Å². The predicted octanol–water partition coefficient (Wildman–Crippen LogP) is 1.74. The second-order valence-corrected chi connectivity index (χ2v) is 6.11. The van der Waals surface area contributed by atoms with E-state index in [1.165, 1.54) is 25.7 Å². The fourth-order valence-corrected chi connectivity index (χ4v) is 3.12. The Hall–Kier alpha value is -0.610. The fourth-order valence-electron chi connectivity index (χ4n) is 3.12. The molecule has 1 N–H and O–H groups in total. The van der Waals surface area contributed by atoms with E-state index in [1.807, 2.05) is 0 Å². The van der Waals surface area contributed by atoms with Crippen LogP contribution >= 0.6 is 0 Å². The van der Waals surface area contributed by atoms with Crippen molar-refractivity contribution in [2.45, 2.75) is 51.7 Å². The van der Waals surface area contributed by atoms with Crippen LogP contribution < -0.4 is 0 Å². The van der Waals surface area contributed by atoms with E-state index in [0.29, 0.717) is 24.6 Å². The molecule has 2 atom stereocenters. The van der Waals surface area contributed by atoms with Gasteiger partial charge in [0, 0.05) is 19.1 Å². The summed E-state index contributed by atoms with van der Waals surface area (Å²) in [6, 6.07) is 0.546. The third-order valence-corrected chi connectivity index (χ3v) is 4.07. The summed E-state index contributed by atoms with van der Waals surface area (Å²) in [6.45, 7) is 6.61. The largest absolute Gasteiger partial charge is 0.479 e. The van der Waals surface area contributed by atoms with Crippen molar-refractivity contribution >= 4 is 5.97 Å². The zero-order valence-electron chi connectivity index (χ0n) is 10.8. The van der Waals surface area contributed by atoms with Crippen LogP contribution in [0.2, 0.25) is 0 Å². The van der Waals surface area contributed by atoms with Crippen LogP contribution in [0.5, 0.6) is 0 Å². The molecule has 0 radical (unpaired) electrons. The zero-order chi connectivity index (χ0) is 12.5. The van der Waals surface area contributed by atoms with Gasteiger partial charge in [0.2, 0.25) is 0 Å². The average molecular weight is 241 g/mol. The highest BCUT2D eigenvalue weighted by Gasteiger charge is 2.35. The van der Waals surface area contributed by atoms with Gasteiger partial charge < -0.3 is 9.84 Å². The van der Waals surface area contributed by atoms with E-state index < -0.39 is 12.1 Å². The van der Waals surface area contributed by atoms with E-state index in [0.717, 1.165) is 6.54 Å². The summed E-state index contributed by atoms with van der Waals surface area (Å²) < 4.78 is 5.27. The summed E-state index contributed by atoms with van der Waals surface area (Å²) >= 11 is 0. The molecule has 2 unspecified atom stereocenters. The molecule has 1 saturated carbocycles. The number of morpholine rings is 1. The first-order valence-electron chi connectivity index (χ1n) is 6.56. The predicted molar refractivity (Wildman–Crippen MR) is 65.0 cm³/mol. The molecule has 17 heavy (non-hydrogen) atoms. The lowest BCUT2D eigenvalue weighted by Gasteiger charge is -2.43. The lowest BCUT2D eigenvalue weighted by atomic mass is 9.74. The Kier molecular flexibility index (Phi) is 3.73. The molecule has 0 bridgehead atoms. The van der Waals surface area contributed by atoms with Gasteiger partial charge in [-0.3, -0.25) is 4.90 Å². The van der Waals surface area contributed by atoms with Crippen molar-refractivity contribution in [3.05, 3.63) is 0 Å². The molecule has 0 aromatic rings. The minimum absolute atomic E-state index is 0.403. The number of hydrogen-bond donors (Lipinski definition) is 1. The van der Waals surface area contributed by atoms with Crippen molar-refractivity contribution in [1.29, 1.82) is 0 Å². The van der Waals surface area contributed by atoms with Gasteiger partial charge >= 0.3 is 5.97 Å². The smallest absolute Gasteiger partial charge is 0.334 e. The molecular weight excluding hydrogens is 218 g/mol. The number of nitrogens with zero attached hydrogens (tertiary/aromatic N) is 1. The van der Waals surface area contributed by atoms with Crippen LogP contribution in [0.1, 0.15) is 39.5 Å². The number of ether oxygens (including phenoxy) is 1. The molecule has 98 valence electrons. The summed E-state index contributed by atoms with van der Waals surface area (Å²) in [4.78, 5) is 13.3. The molecule has 1 aliphatic carbocycles. The maximum Gasteiger partial charge on any atom is 0.334 e. The second kappa shape index (κ2) is 4.94. The van der Waals surface area contributed by atoms with Gasteiger partial charge in [0.15, 0.2) is 6.10 Å². The van der Waals surface area contributed by atoms with Crippen LogP contribution in [0.25, 0.3) is 0 Å². The van der Waals surface area contributed by atoms with Crippen LogP contribution in [-0.4, -0.2) is 47.8 Å². The summed E-state index contributed by atoms with van der Waals surface area (Å²) in [6.07, 6.45) is 4.30. The lowest BCUT2D eigenvalue weighted by molar-refractivity contribution is -0.157. The highest BCUT2D eigenvalue weighted by molar-refractivity contribution is 5.72. The quantitative estimate of drug-likeness (QED) is 0.800. The molecule has 2 aliphatic rings. The third-order valence-electron chi connectivity index (χ3n) is 4.07. The number of hydrogen-bond acceptors (Lipinski definition) is 3. The van der Waals surface area contributed by atoms with Crippen LogP contribution in [-0.2, 0) is 9.53 Å². The van der Waals surface area contributed by atoms with Crippen molar-refractivity contribution in [2.24, 2.45) is 5.41 Å². The fraction of sp³-hybridized carbons (Fsp3) is 0.923. The Morgan fingerprint density at radius 1 is 1.47 bits per heavy atom. The van der Waals surface area contributed by atoms with Crippen molar-refractivity contribution in [3.63, 3.8) is 0 Å². The lowest BCUT2D eigenvalue weighted by Crippen LogP contribution is -2.52. The molecule has 0 aromatic carbocycles. The number of carboxylic acid groups (broad SMARTS) is 1. The van der Waals surface area contributed by atoms with Gasteiger partial charge in [-0.05, 0) is 24.7 Å². The number of aliphatic carboxylic acids is 1. The highest BCUT2D eigenvalue weighted by atomic mass is 16.5. The highest BCUT2D eigenvalue weighted by Crippen LogP contribution is 2.37. The van der Waals surface area contributed by atoms with Crippen LogP contribution in [0.4, 0.5) is 0 Å². The van der Waals surface area contributed by atoms with Crippen LogP contribution in [0.3, 0.4) is 0 Å². The molecule has 2 fully saturated rings. The van der Waals surface area contributed by atoms with E-state index in [2.05, 4.69) is 18.7 Å². The van der Waals surface area contributed by atoms with Crippen LogP contribution in [0, 0.1) is 5.41 Å². The van der Waals surface area contributed by atoms with Crippen molar-refractivity contribution in [2.75, 3.05) is 19.7 Å². The van der Waals surface area contributed by atoms with Crippen molar-refractivity contribution in [3.8, 4) is 0 Å². The molecule has 0 aromatic heterocycles. The van der Waals surface area contributed by atoms with Gasteiger partial charge in [0.1, 0.15) is 0 Å². The van der Waals surface area contributed by atoms with E-state index in [-0.39, 0.29) is 0 Å². The summed E-state index contributed by atoms with van der Waals surface area (Å²) in [5, 5.41) is 9.01. The minimum atomic E-state index is -0.829. The molecule has 1 saturated heterocycles. The maximum atomic E-state index is 11.0. The van der Waals surface area contributed by atoms with Crippen molar-refractivity contribution < 1.29 is 14.6 Å². The summed E-state index contributed by atoms with van der Waals surface area (Å²) in [7, 11) is 0. The monoisotopic (exact) mass is 241 g/mol. The Morgan fingerprint density at radius 2 is 2.24 bits per heavy atom. The first kappa shape index (κ1) is 12.8. The number of carboxylic acids is 1. The standard InChI is InChI=1S/C13H23NO3/c1-13(2)5-3-4-10(8-13)14-6-7-17-11(9-14)12(15)16/h10-11H,3-9H2,1-2H3,(H,15,16). The zero-order valence-corrected chi connectivity index (χ0v) is 10.8. The molecule has 0 spiro atoms. The van der Waals surface area contributed by atoms with E-state index in [1.54, 1.807) is 0 Å². The maximum absolute atomic E-state index is 11.0. The van der Waals surface area contributed by atoms with Gasteiger partial charge in [-0.2, -0.15) is 0 Å². The topological polar surface area (TPSA) is 49.8 Å². The Bertz CT molecular complexity index is 290. The Balaban J connectivity index is 1.95. The number of carbonyl (C=O) groups is 1. The van der Waals surface area contributed by atoms with Gasteiger partial charge in [-0.25, -0.2) is 4.79 Å². The minimum Gasteiger partial charge on any atom is -0.479 e. The molecule has 0 amide bonds. The summed E-state index contributed by atoms with van der Waals surface area (Å²) in [5.41, 5.74) is 0.403. The van der Waals surface area contributed by atoms with E-state index in [4.69, 9.17) is 9.84 Å². The van der Waals surface area contributed by atoms with Gasteiger partial charge in [0.25, 0.3) is 0 Å². The Morgan fingerprint density at radius 3 is 2.88 bits per heavy atom. The van der Waals surface area contributed by atoms with Crippen molar-refractivity contribution in [1.82, 2.24) is 4.90 Å². The summed E-state index contributed by atoms with van der Waals surface area (Å²) in [5.74, 6) is -0.829. The molecule has 2 rings (SSSR count). The molecule has 1 heterocycles. The average Bonchev–Trinajstić information content (AvgIpc) is 2.28. The SMILES string of the molecule is CC1(C)CCCC(N2CCOC(C(=O)O)C2)C1. The molecule has 1 aliphatic heterocycles. The molecule has 4 heteroatoms. The molecular formula is C13H23NO3. The second-order valence-electron chi connectivity index (χ2n) is 6.11. The molecule has 4 nitrogen and oxygen atoms in total.